The molecule has 1 saturated heterocycles. The van der Waals surface area contributed by atoms with Crippen LogP contribution in [-0.2, 0) is 14.3 Å². The fourth-order valence-electron chi connectivity index (χ4n) is 1.56. The minimum atomic E-state index is 0.0771. The van der Waals surface area contributed by atoms with E-state index < -0.39 is 0 Å². The number of hydrogen-bond acceptors (Lipinski definition) is 4. The number of hydrogen-bond donors (Lipinski definition) is 0. The Labute approximate surface area is 96.3 Å². The van der Waals surface area contributed by atoms with Crippen LogP contribution < -0.4 is 0 Å². The molecule has 0 aliphatic carbocycles. The molecule has 0 unspecified atom stereocenters. The number of allylic oxidation sites excluding steroid dienone is 1. The van der Waals surface area contributed by atoms with Crippen LogP contribution in [0.2, 0.25) is 0 Å². The van der Waals surface area contributed by atoms with Gasteiger partial charge >= 0.3 is 0 Å². The standard InChI is InChI=1S/C12H19NO3/c1-4-11(14)12(13-9(2)15-3)10-5-7-16-8-6-10/h4-8H2,1-3H3. The second-order valence-corrected chi connectivity index (χ2v) is 3.68. The molecular formula is C12H19NO3. The highest BCUT2D eigenvalue weighted by Gasteiger charge is 2.16. The van der Waals surface area contributed by atoms with Gasteiger partial charge in [0.15, 0.2) is 11.7 Å². The Morgan fingerprint density at radius 1 is 1.44 bits per heavy atom. The first-order valence-corrected chi connectivity index (χ1v) is 5.61. The Bertz CT molecular complexity index is 310. The summed E-state index contributed by atoms with van der Waals surface area (Å²) in [6.07, 6.45) is 2.06. The van der Waals surface area contributed by atoms with Crippen LogP contribution in [-0.4, -0.2) is 32.0 Å². The van der Waals surface area contributed by atoms with Gasteiger partial charge in [-0.05, 0) is 18.4 Å². The molecule has 1 rings (SSSR count). The minimum absolute atomic E-state index is 0.0771. The first-order valence-electron chi connectivity index (χ1n) is 5.61. The molecule has 0 aromatic heterocycles. The maximum atomic E-state index is 11.8. The van der Waals surface area contributed by atoms with Gasteiger partial charge in [-0.25, -0.2) is 4.99 Å². The predicted molar refractivity (Wildman–Crippen MR) is 62.5 cm³/mol. The topological polar surface area (TPSA) is 47.9 Å². The molecule has 1 heterocycles. The largest absolute Gasteiger partial charge is 0.484 e. The quantitative estimate of drug-likeness (QED) is 0.420. The number of ether oxygens (including phenoxy) is 2. The van der Waals surface area contributed by atoms with E-state index in [9.17, 15) is 4.79 Å². The van der Waals surface area contributed by atoms with Crippen molar-refractivity contribution in [2.45, 2.75) is 33.1 Å². The van der Waals surface area contributed by atoms with Crippen molar-refractivity contribution in [1.29, 1.82) is 0 Å². The van der Waals surface area contributed by atoms with Crippen LogP contribution >= 0.6 is 0 Å². The van der Waals surface area contributed by atoms with E-state index in [1.807, 2.05) is 6.92 Å². The maximum Gasteiger partial charge on any atom is 0.184 e. The van der Waals surface area contributed by atoms with E-state index in [0.717, 1.165) is 18.4 Å². The van der Waals surface area contributed by atoms with E-state index in [0.29, 0.717) is 31.2 Å². The lowest BCUT2D eigenvalue weighted by atomic mass is 10.0. The molecule has 0 N–H and O–H groups in total. The molecule has 1 fully saturated rings. The predicted octanol–water partition coefficient (Wildman–Crippen LogP) is 2.09. The fraction of sp³-hybridized carbons (Fsp3) is 0.667. The Kier molecular flexibility index (Phi) is 5.19. The summed E-state index contributed by atoms with van der Waals surface area (Å²) in [5.41, 5.74) is 1.67. The summed E-state index contributed by atoms with van der Waals surface area (Å²) in [6.45, 7) is 4.96. The zero-order valence-electron chi connectivity index (χ0n) is 10.2. The van der Waals surface area contributed by atoms with Crippen molar-refractivity contribution in [2.75, 3.05) is 20.3 Å². The average Bonchev–Trinajstić information content (AvgIpc) is 2.35. The molecule has 4 heteroatoms. The van der Waals surface area contributed by atoms with E-state index in [4.69, 9.17) is 9.47 Å². The summed E-state index contributed by atoms with van der Waals surface area (Å²) < 4.78 is 10.3. The van der Waals surface area contributed by atoms with Crippen LogP contribution in [0.5, 0.6) is 0 Å². The number of ketones is 1. The number of carbonyl (C=O) groups is 1. The van der Waals surface area contributed by atoms with Crippen LogP contribution in [0.1, 0.15) is 33.1 Å². The molecule has 0 aromatic carbocycles. The molecule has 16 heavy (non-hydrogen) atoms. The number of rotatable bonds is 3. The van der Waals surface area contributed by atoms with E-state index >= 15 is 0 Å². The lowest BCUT2D eigenvalue weighted by molar-refractivity contribution is -0.115. The third kappa shape index (κ3) is 3.45. The zero-order chi connectivity index (χ0) is 12.0. The van der Waals surface area contributed by atoms with E-state index in [1.54, 1.807) is 14.0 Å². The van der Waals surface area contributed by atoms with Crippen LogP contribution in [0.4, 0.5) is 0 Å². The van der Waals surface area contributed by atoms with Gasteiger partial charge in [-0.1, -0.05) is 6.92 Å². The molecule has 1 aliphatic rings. The number of nitrogens with zero attached hydrogens (tertiary/aromatic N) is 1. The molecular weight excluding hydrogens is 206 g/mol. The Hall–Kier alpha value is -1.16. The number of Topliss-reactive ketones (excluding diaryl/α,β-unsaturated/α-hetero) is 1. The smallest absolute Gasteiger partial charge is 0.184 e. The second-order valence-electron chi connectivity index (χ2n) is 3.68. The van der Waals surface area contributed by atoms with E-state index in [2.05, 4.69) is 4.99 Å². The third-order valence-corrected chi connectivity index (χ3v) is 2.58. The summed E-state index contributed by atoms with van der Waals surface area (Å²) in [5.74, 6) is 0.601. The Morgan fingerprint density at radius 3 is 2.56 bits per heavy atom. The number of carbonyl (C=O) groups excluding carboxylic acids is 1. The molecule has 0 spiro atoms. The van der Waals surface area contributed by atoms with Crippen molar-refractivity contribution in [3.05, 3.63) is 11.3 Å². The monoisotopic (exact) mass is 225 g/mol. The zero-order valence-corrected chi connectivity index (χ0v) is 10.2. The first-order chi connectivity index (χ1) is 7.69. The summed E-state index contributed by atoms with van der Waals surface area (Å²) in [7, 11) is 1.56. The first kappa shape index (κ1) is 12.9. The molecule has 90 valence electrons. The lowest BCUT2D eigenvalue weighted by Crippen LogP contribution is -2.13. The summed E-state index contributed by atoms with van der Waals surface area (Å²) in [5, 5.41) is 0. The molecule has 0 bridgehead atoms. The van der Waals surface area contributed by atoms with Gasteiger partial charge < -0.3 is 9.47 Å². The lowest BCUT2D eigenvalue weighted by Gasteiger charge is -2.17. The average molecular weight is 225 g/mol. The fourth-order valence-corrected chi connectivity index (χ4v) is 1.56. The van der Waals surface area contributed by atoms with Crippen LogP contribution in [0.3, 0.4) is 0 Å². The van der Waals surface area contributed by atoms with Gasteiger partial charge in [0.2, 0.25) is 0 Å². The third-order valence-electron chi connectivity index (χ3n) is 2.58. The van der Waals surface area contributed by atoms with Gasteiger partial charge in [0, 0.05) is 13.3 Å². The van der Waals surface area contributed by atoms with Crippen LogP contribution in [0.25, 0.3) is 0 Å². The van der Waals surface area contributed by atoms with Crippen molar-refractivity contribution in [1.82, 2.24) is 0 Å². The summed E-state index contributed by atoms with van der Waals surface area (Å²) >= 11 is 0. The van der Waals surface area contributed by atoms with Gasteiger partial charge in [0.1, 0.15) is 5.70 Å². The van der Waals surface area contributed by atoms with Crippen molar-refractivity contribution in [3.8, 4) is 0 Å². The summed E-state index contributed by atoms with van der Waals surface area (Å²) in [6, 6.07) is 0. The molecule has 0 saturated carbocycles. The SMILES string of the molecule is CCC(=O)C(N=C(C)OC)=C1CCOCC1. The van der Waals surface area contributed by atoms with Crippen LogP contribution in [0, 0.1) is 0 Å². The maximum absolute atomic E-state index is 11.8. The van der Waals surface area contributed by atoms with Gasteiger partial charge in [0.05, 0.1) is 20.3 Å². The molecule has 0 atom stereocenters. The molecule has 0 aromatic rings. The molecule has 0 amide bonds. The number of aliphatic imine (C=N–C) groups is 1. The van der Waals surface area contributed by atoms with Crippen molar-refractivity contribution >= 4 is 11.7 Å². The minimum Gasteiger partial charge on any atom is -0.484 e. The highest BCUT2D eigenvalue weighted by molar-refractivity contribution is 5.97. The van der Waals surface area contributed by atoms with Crippen molar-refractivity contribution in [2.24, 2.45) is 4.99 Å². The Balaban J connectivity index is 2.98. The molecule has 4 nitrogen and oxygen atoms in total. The van der Waals surface area contributed by atoms with E-state index in [-0.39, 0.29) is 5.78 Å². The van der Waals surface area contributed by atoms with E-state index in [1.165, 1.54) is 0 Å². The number of methoxy groups -OCH3 is 1. The van der Waals surface area contributed by atoms with Crippen molar-refractivity contribution < 1.29 is 14.3 Å². The van der Waals surface area contributed by atoms with Gasteiger partial charge in [0.25, 0.3) is 0 Å². The van der Waals surface area contributed by atoms with Gasteiger partial charge in [-0.3, -0.25) is 4.79 Å². The van der Waals surface area contributed by atoms with Crippen LogP contribution in [0.15, 0.2) is 16.3 Å². The van der Waals surface area contributed by atoms with Gasteiger partial charge in [-0.2, -0.15) is 0 Å². The van der Waals surface area contributed by atoms with Crippen molar-refractivity contribution in [3.63, 3.8) is 0 Å². The molecule has 1 aliphatic heterocycles. The highest BCUT2D eigenvalue weighted by Crippen LogP contribution is 2.20. The normalized spacial score (nSPS) is 17.2. The second kappa shape index (κ2) is 6.43. The Morgan fingerprint density at radius 2 is 2.06 bits per heavy atom. The van der Waals surface area contributed by atoms with Gasteiger partial charge in [-0.15, -0.1) is 0 Å². The highest BCUT2D eigenvalue weighted by atomic mass is 16.5. The molecule has 0 radical (unpaired) electrons. The summed E-state index contributed by atoms with van der Waals surface area (Å²) in [4.78, 5) is 16.1.